The number of anilines is 1. The predicted molar refractivity (Wildman–Crippen MR) is 75.2 cm³/mol. The number of nitrogen functional groups attached to an aromatic ring is 1. The molecule has 2 N–H and O–H groups in total. The third-order valence-corrected chi connectivity index (χ3v) is 4.81. The lowest BCUT2D eigenvalue weighted by atomic mass is 10.3. The van der Waals surface area contributed by atoms with Crippen LogP contribution in [0.2, 0.25) is 0 Å². The molecule has 0 radical (unpaired) electrons. The number of benzene rings is 1. The molecule has 1 aromatic carbocycles. The summed E-state index contributed by atoms with van der Waals surface area (Å²) in [5.41, 5.74) is 5.52. The minimum absolute atomic E-state index is 0.0687. The van der Waals surface area contributed by atoms with E-state index in [1.807, 2.05) is 0 Å². The maximum Gasteiger partial charge on any atom is 0.196 e. The van der Waals surface area contributed by atoms with Gasteiger partial charge >= 0.3 is 0 Å². The van der Waals surface area contributed by atoms with Crippen LogP contribution in [0.4, 0.5) is 14.5 Å². The maximum absolute atomic E-state index is 13.9. The van der Waals surface area contributed by atoms with Gasteiger partial charge in [0.25, 0.3) is 0 Å². The summed E-state index contributed by atoms with van der Waals surface area (Å²) in [6.45, 7) is 0. The van der Waals surface area contributed by atoms with E-state index in [9.17, 15) is 8.78 Å². The first-order valence-corrected chi connectivity index (χ1v) is 7.82. The van der Waals surface area contributed by atoms with Crippen molar-refractivity contribution in [2.75, 3.05) is 5.73 Å². The first-order valence-electron chi connectivity index (χ1n) is 7.00. The van der Waals surface area contributed by atoms with Gasteiger partial charge in [-0.15, -0.1) is 10.2 Å². The van der Waals surface area contributed by atoms with Crippen molar-refractivity contribution in [1.82, 2.24) is 14.8 Å². The van der Waals surface area contributed by atoms with Crippen molar-refractivity contribution in [1.29, 1.82) is 0 Å². The van der Waals surface area contributed by atoms with Gasteiger partial charge in [-0.25, -0.2) is 8.78 Å². The first kappa shape index (κ1) is 13.1. The van der Waals surface area contributed by atoms with Crippen LogP contribution < -0.4 is 5.73 Å². The second-order valence-corrected chi connectivity index (χ2v) is 6.61. The van der Waals surface area contributed by atoms with E-state index in [1.54, 1.807) is 0 Å². The Morgan fingerprint density at radius 3 is 2.33 bits per heavy atom. The molecule has 2 aliphatic carbocycles. The van der Waals surface area contributed by atoms with E-state index >= 15 is 0 Å². The third kappa shape index (κ3) is 2.39. The summed E-state index contributed by atoms with van der Waals surface area (Å²) in [5, 5.41) is 8.96. The smallest absolute Gasteiger partial charge is 0.196 e. The number of hydrogen-bond donors (Lipinski definition) is 1. The van der Waals surface area contributed by atoms with E-state index in [2.05, 4.69) is 14.8 Å². The van der Waals surface area contributed by atoms with Gasteiger partial charge in [-0.1, -0.05) is 0 Å². The zero-order chi connectivity index (χ0) is 14.6. The Morgan fingerprint density at radius 2 is 1.76 bits per heavy atom. The van der Waals surface area contributed by atoms with Crippen molar-refractivity contribution >= 4 is 17.4 Å². The number of nitrogens with two attached hydrogens (primary N) is 1. The SMILES string of the molecule is Nc1cc(F)c(Sc2nnc(C3CC3)n2C2CC2)c(F)c1. The van der Waals surface area contributed by atoms with E-state index in [0.29, 0.717) is 17.1 Å². The summed E-state index contributed by atoms with van der Waals surface area (Å²) in [5.74, 6) is 0.122. The van der Waals surface area contributed by atoms with Crippen LogP contribution in [-0.2, 0) is 0 Å². The molecule has 4 nitrogen and oxygen atoms in total. The van der Waals surface area contributed by atoms with Crippen LogP contribution in [0.25, 0.3) is 0 Å². The number of aromatic nitrogens is 3. The highest BCUT2D eigenvalue weighted by Gasteiger charge is 2.36. The molecule has 21 heavy (non-hydrogen) atoms. The second kappa shape index (κ2) is 4.69. The van der Waals surface area contributed by atoms with Gasteiger partial charge in [-0.2, -0.15) is 0 Å². The van der Waals surface area contributed by atoms with Gasteiger partial charge in [0.2, 0.25) is 0 Å². The van der Waals surface area contributed by atoms with Gasteiger partial charge in [-0.05, 0) is 49.6 Å². The monoisotopic (exact) mass is 308 g/mol. The molecular formula is C14H14F2N4S. The summed E-state index contributed by atoms with van der Waals surface area (Å²) < 4.78 is 29.9. The highest BCUT2D eigenvalue weighted by Crippen LogP contribution is 2.47. The lowest BCUT2D eigenvalue weighted by molar-refractivity contribution is 0.540. The Balaban J connectivity index is 1.71. The van der Waals surface area contributed by atoms with Crippen LogP contribution in [0.5, 0.6) is 0 Å². The van der Waals surface area contributed by atoms with E-state index in [1.165, 1.54) is 0 Å². The Labute approximate surface area is 124 Å². The topological polar surface area (TPSA) is 56.7 Å². The Morgan fingerprint density at radius 1 is 1.10 bits per heavy atom. The van der Waals surface area contributed by atoms with Gasteiger partial charge in [0, 0.05) is 17.6 Å². The first-order chi connectivity index (χ1) is 10.1. The number of nitrogens with zero attached hydrogens (tertiary/aromatic N) is 3. The molecule has 4 rings (SSSR count). The largest absolute Gasteiger partial charge is 0.399 e. The van der Waals surface area contributed by atoms with Crippen molar-refractivity contribution in [2.24, 2.45) is 0 Å². The average molecular weight is 308 g/mol. The number of rotatable bonds is 4. The van der Waals surface area contributed by atoms with Crippen LogP contribution in [0.3, 0.4) is 0 Å². The molecule has 2 aliphatic rings. The van der Waals surface area contributed by atoms with E-state index in [0.717, 1.165) is 55.4 Å². The minimum atomic E-state index is -0.657. The standard InChI is InChI=1S/C14H14F2N4S/c15-10-5-8(17)6-11(16)12(10)21-14-19-18-13(7-1-2-7)20(14)9-3-4-9/h5-7,9H,1-4,17H2. The van der Waals surface area contributed by atoms with Crippen LogP contribution in [0.15, 0.2) is 22.2 Å². The summed E-state index contributed by atoms with van der Waals surface area (Å²) in [4.78, 5) is -0.0687. The number of halogens is 2. The van der Waals surface area contributed by atoms with Crippen LogP contribution in [0, 0.1) is 11.6 Å². The summed E-state index contributed by atoms with van der Waals surface area (Å²) >= 11 is 0.994. The summed E-state index contributed by atoms with van der Waals surface area (Å²) in [7, 11) is 0. The lowest BCUT2D eigenvalue weighted by Crippen LogP contribution is -2.02. The molecule has 0 aliphatic heterocycles. The van der Waals surface area contributed by atoms with Gasteiger partial charge in [0.15, 0.2) is 5.16 Å². The van der Waals surface area contributed by atoms with E-state index < -0.39 is 11.6 Å². The van der Waals surface area contributed by atoms with E-state index in [4.69, 9.17) is 5.73 Å². The van der Waals surface area contributed by atoms with Crippen LogP contribution in [-0.4, -0.2) is 14.8 Å². The molecule has 7 heteroatoms. The van der Waals surface area contributed by atoms with Crippen molar-refractivity contribution in [3.63, 3.8) is 0 Å². The quantitative estimate of drug-likeness (QED) is 0.878. The highest BCUT2D eigenvalue weighted by atomic mass is 32.2. The normalized spacial score (nSPS) is 18.2. The lowest BCUT2D eigenvalue weighted by Gasteiger charge is -2.09. The van der Waals surface area contributed by atoms with Crippen molar-refractivity contribution in [2.45, 2.75) is 47.7 Å². The molecule has 0 spiro atoms. The Hall–Kier alpha value is -1.63. The zero-order valence-electron chi connectivity index (χ0n) is 11.2. The third-order valence-electron chi connectivity index (χ3n) is 3.76. The molecule has 1 heterocycles. The van der Waals surface area contributed by atoms with Crippen LogP contribution in [0.1, 0.15) is 43.5 Å². The predicted octanol–water partition coefficient (Wildman–Crippen LogP) is 3.50. The molecular weight excluding hydrogens is 294 g/mol. The molecule has 0 amide bonds. The maximum atomic E-state index is 13.9. The van der Waals surface area contributed by atoms with Gasteiger partial charge in [0.05, 0.1) is 4.90 Å². The van der Waals surface area contributed by atoms with Crippen molar-refractivity contribution < 1.29 is 8.78 Å². The van der Waals surface area contributed by atoms with Gasteiger partial charge in [-0.3, -0.25) is 0 Å². The molecule has 2 aromatic rings. The molecule has 1 aromatic heterocycles. The molecule has 110 valence electrons. The fourth-order valence-electron chi connectivity index (χ4n) is 2.42. The molecule has 0 atom stereocenters. The zero-order valence-corrected chi connectivity index (χ0v) is 12.0. The summed E-state index contributed by atoms with van der Waals surface area (Å²) in [6, 6.07) is 2.65. The fourth-order valence-corrected chi connectivity index (χ4v) is 3.34. The summed E-state index contributed by atoms with van der Waals surface area (Å²) in [6.07, 6.45) is 4.41. The molecule has 0 saturated heterocycles. The fraction of sp³-hybridized carbons (Fsp3) is 0.429. The van der Waals surface area contributed by atoms with Gasteiger partial charge < -0.3 is 10.3 Å². The number of hydrogen-bond acceptors (Lipinski definition) is 4. The van der Waals surface area contributed by atoms with Crippen molar-refractivity contribution in [3.05, 3.63) is 29.6 Å². The second-order valence-electron chi connectivity index (χ2n) is 5.63. The van der Waals surface area contributed by atoms with Gasteiger partial charge in [0.1, 0.15) is 17.5 Å². The van der Waals surface area contributed by atoms with Crippen molar-refractivity contribution in [3.8, 4) is 0 Å². The molecule has 0 unspecified atom stereocenters. The average Bonchev–Trinajstić information content (AvgIpc) is 3.32. The molecule has 2 fully saturated rings. The van der Waals surface area contributed by atoms with E-state index in [-0.39, 0.29) is 10.6 Å². The Kier molecular flexibility index (Phi) is 2.92. The Bertz CT molecular complexity index is 684. The molecule has 0 bridgehead atoms. The van der Waals surface area contributed by atoms with Crippen LogP contribution >= 0.6 is 11.8 Å². The highest BCUT2D eigenvalue weighted by molar-refractivity contribution is 7.99. The molecule has 2 saturated carbocycles. The minimum Gasteiger partial charge on any atom is -0.399 e.